The van der Waals surface area contributed by atoms with Crippen LogP contribution in [0.4, 0.5) is 0 Å². The summed E-state index contributed by atoms with van der Waals surface area (Å²) in [5.41, 5.74) is 1.03. The predicted octanol–water partition coefficient (Wildman–Crippen LogP) is 1.89. The van der Waals surface area contributed by atoms with E-state index in [-0.39, 0.29) is 0 Å². The van der Waals surface area contributed by atoms with Gasteiger partial charge >= 0.3 is 0 Å². The fourth-order valence-electron chi connectivity index (χ4n) is 0.611. The highest BCUT2D eigenvalue weighted by Crippen LogP contribution is 1.92. The van der Waals surface area contributed by atoms with Gasteiger partial charge in [-0.25, -0.2) is 0 Å². The van der Waals surface area contributed by atoms with Gasteiger partial charge in [0.25, 0.3) is 0 Å². The minimum absolute atomic E-state index is 0.617. The predicted molar refractivity (Wildman–Crippen MR) is 48.3 cm³/mol. The topological polar surface area (TPSA) is 33.0 Å². The largest absolute Gasteiger partial charge is 0.377 e. The van der Waals surface area contributed by atoms with Crippen LogP contribution >= 0.6 is 0 Å². The molecule has 0 N–H and O–H groups in total. The third-order valence-corrected chi connectivity index (χ3v) is 1.08. The maximum Gasteiger partial charge on any atom is 0.152 e. The van der Waals surface area contributed by atoms with E-state index in [0.717, 1.165) is 18.4 Å². The molecule has 0 aliphatic rings. The summed E-state index contributed by atoms with van der Waals surface area (Å²) in [5.74, 6) is 5.04. The monoisotopic (exact) mass is 163 g/mol. The van der Waals surface area contributed by atoms with Crippen LogP contribution in [0.3, 0.4) is 0 Å². The Kier molecular flexibility index (Phi) is 7.03. The van der Waals surface area contributed by atoms with Gasteiger partial charge in [-0.15, -0.1) is 0 Å². The highest BCUT2D eigenvalue weighted by atomic mass is 16.5. The lowest BCUT2D eigenvalue weighted by Gasteiger charge is -2.00. The Hall–Kier alpha value is -1.25. The van der Waals surface area contributed by atoms with Gasteiger partial charge in [0.15, 0.2) is 6.07 Å². The Balaban J connectivity index is 3.12. The second-order valence-corrected chi connectivity index (χ2v) is 2.53. The number of ether oxygens (including phenoxy) is 1. The Labute approximate surface area is 73.8 Å². The summed E-state index contributed by atoms with van der Waals surface area (Å²) in [6, 6.07) is 1.76. The van der Waals surface area contributed by atoms with Crippen LogP contribution in [-0.4, -0.2) is 13.2 Å². The van der Waals surface area contributed by atoms with E-state index in [9.17, 15) is 0 Å². The first kappa shape index (κ1) is 10.8. The van der Waals surface area contributed by atoms with Crippen molar-refractivity contribution in [1.82, 2.24) is 0 Å². The Morgan fingerprint density at radius 1 is 1.58 bits per heavy atom. The molecule has 0 heterocycles. The number of rotatable bonds is 5. The smallest absolute Gasteiger partial charge is 0.152 e. The number of hydrogen-bond acceptors (Lipinski definition) is 2. The fourth-order valence-corrected chi connectivity index (χ4v) is 0.611. The Bertz CT molecular complexity index is 226. The van der Waals surface area contributed by atoms with E-state index >= 15 is 0 Å². The third-order valence-electron chi connectivity index (χ3n) is 1.08. The second-order valence-electron chi connectivity index (χ2n) is 2.53. The van der Waals surface area contributed by atoms with Gasteiger partial charge in [0.2, 0.25) is 0 Å². The fraction of sp³-hybridized carbons (Fsp3) is 0.500. The van der Waals surface area contributed by atoms with Crippen LogP contribution in [0.2, 0.25) is 0 Å². The molecule has 2 nitrogen and oxygen atoms in total. The van der Waals surface area contributed by atoms with E-state index in [1.165, 1.54) is 0 Å². The van der Waals surface area contributed by atoms with E-state index in [0.29, 0.717) is 13.2 Å². The molecule has 0 aliphatic heterocycles. The van der Waals surface area contributed by atoms with Crippen LogP contribution in [0, 0.1) is 23.2 Å². The number of unbranched alkanes of at least 4 members (excludes halogenated alkanes) is 1. The van der Waals surface area contributed by atoms with Crippen molar-refractivity contribution in [2.45, 2.75) is 19.8 Å². The van der Waals surface area contributed by atoms with Crippen molar-refractivity contribution in [3.05, 3.63) is 12.2 Å². The van der Waals surface area contributed by atoms with Crippen LogP contribution in [0.5, 0.6) is 0 Å². The summed E-state index contributed by atoms with van der Waals surface area (Å²) in [6.45, 7) is 6.94. The van der Waals surface area contributed by atoms with Gasteiger partial charge in [-0.2, -0.15) is 5.26 Å². The molecule has 0 aromatic rings. The van der Waals surface area contributed by atoms with Gasteiger partial charge in [-0.1, -0.05) is 18.1 Å². The summed E-state index contributed by atoms with van der Waals surface area (Å²) >= 11 is 0. The standard InChI is InChI=1S/C10H13NO/c1-10(2)9-12-8-6-4-3-5-7-11/h1,4,6,8-9H2,2H3. The maximum atomic E-state index is 8.08. The molecule has 0 atom stereocenters. The summed E-state index contributed by atoms with van der Waals surface area (Å²) in [4.78, 5) is 0. The molecule has 0 aromatic carbocycles. The zero-order valence-electron chi connectivity index (χ0n) is 7.39. The van der Waals surface area contributed by atoms with Gasteiger partial charge in [0.1, 0.15) is 0 Å². The highest BCUT2D eigenvalue weighted by molar-refractivity contribution is 5.16. The molecule has 0 aliphatic carbocycles. The average molecular weight is 163 g/mol. The van der Waals surface area contributed by atoms with Crippen molar-refractivity contribution in [3.8, 4) is 17.9 Å². The molecule has 0 unspecified atom stereocenters. The zero-order chi connectivity index (χ0) is 9.23. The lowest BCUT2D eigenvalue weighted by molar-refractivity contribution is 0.155. The second kappa shape index (κ2) is 7.85. The molecule has 64 valence electrons. The number of nitriles is 1. The van der Waals surface area contributed by atoms with Gasteiger partial charge < -0.3 is 4.74 Å². The lowest BCUT2D eigenvalue weighted by Crippen LogP contribution is -1.96. The first-order valence-corrected chi connectivity index (χ1v) is 3.86. The molecule has 0 aromatic heterocycles. The molecule has 0 rings (SSSR count). The number of hydrogen-bond donors (Lipinski definition) is 0. The van der Waals surface area contributed by atoms with Crippen LogP contribution in [0.15, 0.2) is 12.2 Å². The van der Waals surface area contributed by atoms with E-state index in [1.54, 1.807) is 6.07 Å². The molecule has 0 radical (unpaired) electrons. The molecular weight excluding hydrogens is 150 g/mol. The van der Waals surface area contributed by atoms with Crippen LogP contribution in [0.25, 0.3) is 0 Å². The quantitative estimate of drug-likeness (QED) is 0.352. The molecule has 12 heavy (non-hydrogen) atoms. The maximum absolute atomic E-state index is 8.08. The molecule has 0 amide bonds. The normalized spacial score (nSPS) is 8.00. The Morgan fingerprint density at radius 3 is 2.92 bits per heavy atom. The van der Waals surface area contributed by atoms with Crippen LogP contribution in [0.1, 0.15) is 19.8 Å². The third kappa shape index (κ3) is 8.75. The summed E-state index contributed by atoms with van der Waals surface area (Å²) in [6.07, 6.45) is 1.60. The van der Waals surface area contributed by atoms with Crippen molar-refractivity contribution in [2.75, 3.05) is 13.2 Å². The zero-order valence-corrected chi connectivity index (χ0v) is 7.39. The summed E-state index contributed by atoms with van der Waals surface area (Å²) < 4.78 is 5.23. The first-order valence-electron chi connectivity index (χ1n) is 3.86. The first-order chi connectivity index (χ1) is 5.77. The Morgan fingerprint density at radius 2 is 2.33 bits per heavy atom. The van der Waals surface area contributed by atoms with E-state index in [2.05, 4.69) is 18.4 Å². The minimum atomic E-state index is 0.617. The minimum Gasteiger partial charge on any atom is -0.377 e. The highest BCUT2D eigenvalue weighted by Gasteiger charge is 1.86. The summed E-state index contributed by atoms with van der Waals surface area (Å²) in [5, 5.41) is 8.08. The average Bonchev–Trinajstić information content (AvgIpc) is 2.02. The van der Waals surface area contributed by atoms with Gasteiger partial charge in [0.05, 0.1) is 6.61 Å². The molecule has 0 fully saturated rings. The van der Waals surface area contributed by atoms with Gasteiger partial charge in [-0.05, 0) is 13.3 Å². The number of nitrogens with zero attached hydrogens (tertiary/aromatic N) is 1. The molecule has 0 bridgehead atoms. The molecule has 0 spiro atoms. The van der Waals surface area contributed by atoms with Crippen molar-refractivity contribution in [3.63, 3.8) is 0 Å². The van der Waals surface area contributed by atoms with Crippen LogP contribution in [-0.2, 0) is 4.74 Å². The molecule has 2 heteroatoms. The summed E-state index contributed by atoms with van der Waals surface area (Å²) in [7, 11) is 0. The lowest BCUT2D eigenvalue weighted by atomic mass is 10.3. The van der Waals surface area contributed by atoms with Crippen molar-refractivity contribution in [1.29, 1.82) is 5.26 Å². The van der Waals surface area contributed by atoms with Crippen molar-refractivity contribution < 1.29 is 4.74 Å². The molecular formula is C10H13NO. The van der Waals surface area contributed by atoms with E-state index < -0.39 is 0 Å². The van der Waals surface area contributed by atoms with E-state index in [4.69, 9.17) is 10.00 Å². The molecule has 0 saturated heterocycles. The van der Waals surface area contributed by atoms with Gasteiger partial charge in [0, 0.05) is 18.9 Å². The van der Waals surface area contributed by atoms with Crippen molar-refractivity contribution in [2.24, 2.45) is 0 Å². The van der Waals surface area contributed by atoms with E-state index in [1.807, 2.05) is 6.92 Å². The molecule has 0 saturated carbocycles. The van der Waals surface area contributed by atoms with Crippen LogP contribution < -0.4 is 0 Å². The SMILES string of the molecule is C=C(C)COCCCC#CC#N. The van der Waals surface area contributed by atoms with Crippen molar-refractivity contribution >= 4 is 0 Å². The van der Waals surface area contributed by atoms with Gasteiger partial charge in [-0.3, -0.25) is 0 Å².